The molecule has 0 fully saturated rings. The maximum Gasteiger partial charge on any atom is 0.264 e. The third kappa shape index (κ3) is 3.66. The Bertz CT molecular complexity index is 767. The lowest BCUT2D eigenvalue weighted by Crippen LogP contribution is -2.07. The molecule has 0 aliphatic heterocycles. The number of aromatic nitrogens is 2. The van der Waals surface area contributed by atoms with E-state index >= 15 is 0 Å². The van der Waals surface area contributed by atoms with E-state index in [1.807, 2.05) is 43.3 Å². The average molecular weight is 313 g/mol. The lowest BCUT2D eigenvalue weighted by Gasteiger charge is -2.11. The molecule has 0 spiro atoms. The van der Waals surface area contributed by atoms with Gasteiger partial charge in [-0.15, -0.1) is 0 Å². The predicted molar refractivity (Wildman–Crippen MR) is 84.8 cm³/mol. The van der Waals surface area contributed by atoms with Gasteiger partial charge in [-0.2, -0.15) is 4.98 Å². The van der Waals surface area contributed by atoms with Crippen LogP contribution < -0.4 is 9.64 Å². The van der Waals surface area contributed by atoms with Crippen molar-refractivity contribution >= 4 is 5.69 Å². The van der Waals surface area contributed by atoms with E-state index < -0.39 is 0 Å². The van der Waals surface area contributed by atoms with Crippen LogP contribution in [0.1, 0.15) is 5.89 Å². The third-order valence-electron chi connectivity index (χ3n) is 3.29. The van der Waals surface area contributed by atoms with E-state index in [0.29, 0.717) is 17.5 Å². The molecular weight excluding hydrogens is 297 g/mol. The summed E-state index contributed by atoms with van der Waals surface area (Å²) in [6, 6.07) is 13.6. The van der Waals surface area contributed by atoms with Gasteiger partial charge < -0.3 is 14.2 Å². The van der Waals surface area contributed by atoms with Crippen molar-refractivity contribution in [3.8, 4) is 17.1 Å². The second kappa shape index (κ2) is 6.48. The van der Waals surface area contributed by atoms with E-state index in [4.69, 9.17) is 9.26 Å². The molecule has 0 bridgehead atoms. The maximum atomic E-state index is 12.8. The van der Waals surface area contributed by atoms with Crippen molar-refractivity contribution < 1.29 is 13.7 Å². The average Bonchev–Trinajstić information content (AvgIpc) is 3.03. The summed E-state index contributed by atoms with van der Waals surface area (Å²) >= 11 is 0. The molecule has 0 radical (unpaired) electrons. The molecular formula is C17H16FN3O2. The van der Waals surface area contributed by atoms with E-state index in [-0.39, 0.29) is 12.4 Å². The largest absolute Gasteiger partial charge is 0.484 e. The highest BCUT2D eigenvalue weighted by atomic mass is 19.1. The molecule has 0 unspecified atom stereocenters. The Morgan fingerprint density at radius 2 is 1.74 bits per heavy atom. The smallest absolute Gasteiger partial charge is 0.264 e. The topological polar surface area (TPSA) is 51.4 Å². The molecule has 0 atom stereocenters. The highest BCUT2D eigenvalue weighted by molar-refractivity contribution is 5.59. The van der Waals surface area contributed by atoms with E-state index in [2.05, 4.69) is 10.1 Å². The molecule has 0 saturated carbocycles. The van der Waals surface area contributed by atoms with Gasteiger partial charge in [0.2, 0.25) is 5.82 Å². The molecule has 0 aliphatic carbocycles. The van der Waals surface area contributed by atoms with Gasteiger partial charge in [0.05, 0.1) is 0 Å². The van der Waals surface area contributed by atoms with Crippen LogP contribution in [0.15, 0.2) is 53.1 Å². The van der Waals surface area contributed by atoms with Crippen LogP contribution in [0.3, 0.4) is 0 Å². The number of nitrogens with zero attached hydrogens (tertiary/aromatic N) is 3. The Hall–Kier alpha value is -2.89. The lowest BCUT2D eigenvalue weighted by atomic mass is 10.2. The van der Waals surface area contributed by atoms with E-state index in [1.165, 1.54) is 12.1 Å². The fourth-order valence-electron chi connectivity index (χ4n) is 2.02. The van der Waals surface area contributed by atoms with E-state index in [9.17, 15) is 4.39 Å². The minimum Gasteiger partial charge on any atom is -0.484 e. The van der Waals surface area contributed by atoms with Crippen LogP contribution >= 0.6 is 0 Å². The Labute approximate surface area is 133 Å². The lowest BCUT2D eigenvalue weighted by molar-refractivity contribution is 0.242. The first-order valence-electron chi connectivity index (χ1n) is 7.10. The van der Waals surface area contributed by atoms with Crippen LogP contribution in [-0.4, -0.2) is 24.2 Å². The van der Waals surface area contributed by atoms with Crippen molar-refractivity contribution in [3.63, 3.8) is 0 Å². The van der Waals surface area contributed by atoms with Gasteiger partial charge in [0.15, 0.2) is 6.61 Å². The minimum absolute atomic E-state index is 0.133. The molecule has 3 aromatic rings. The van der Waals surface area contributed by atoms with Crippen molar-refractivity contribution in [2.75, 3.05) is 19.0 Å². The summed E-state index contributed by atoms with van der Waals surface area (Å²) in [5.41, 5.74) is 1.96. The predicted octanol–water partition coefficient (Wildman–Crippen LogP) is 3.52. The van der Waals surface area contributed by atoms with Crippen LogP contribution in [0.5, 0.6) is 5.75 Å². The summed E-state index contributed by atoms with van der Waals surface area (Å²) in [5, 5.41) is 3.95. The van der Waals surface area contributed by atoms with Gasteiger partial charge in [0.1, 0.15) is 11.6 Å². The van der Waals surface area contributed by atoms with Crippen molar-refractivity contribution in [2.24, 2.45) is 0 Å². The van der Waals surface area contributed by atoms with Crippen molar-refractivity contribution in [1.82, 2.24) is 10.1 Å². The zero-order chi connectivity index (χ0) is 16.2. The van der Waals surface area contributed by atoms with Crippen molar-refractivity contribution in [2.45, 2.75) is 6.61 Å². The third-order valence-corrected chi connectivity index (χ3v) is 3.29. The molecule has 6 heteroatoms. The molecule has 5 nitrogen and oxygen atoms in total. The zero-order valence-electron chi connectivity index (χ0n) is 12.9. The number of benzene rings is 2. The normalized spacial score (nSPS) is 10.6. The van der Waals surface area contributed by atoms with Crippen molar-refractivity contribution in [1.29, 1.82) is 0 Å². The molecule has 0 saturated heterocycles. The molecule has 23 heavy (non-hydrogen) atoms. The molecule has 0 N–H and O–H groups in total. The first kappa shape index (κ1) is 15.0. The first-order chi connectivity index (χ1) is 11.1. The van der Waals surface area contributed by atoms with Crippen LogP contribution in [0, 0.1) is 5.82 Å². The molecule has 1 aromatic heterocycles. The van der Waals surface area contributed by atoms with Gasteiger partial charge in [-0.05, 0) is 48.5 Å². The summed E-state index contributed by atoms with van der Waals surface area (Å²) in [6.07, 6.45) is 0. The highest BCUT2D eigenvalue weighted by Gasteiger charge is 2.09. The molecule has 1 heterocycles. The fourth-order valence-corrected chi connectivity index (χ4v) is 2.02. The summed E-state index contributed by atoms with van der Waals surface area (Å²) in [4.78, 5) is 6.31. The van der Waals surface area contributed by atoms with Gasteiger partial charge in [0.25, 0.3) is 5.89 Å². The van der Waals surface area contributed by atoms with Gasteiger partial charge in [0, 0.05) is 25.3 Å². The minimum atomic E-state index is -0.307. The zero-order valence-corrected chi connectivity index (χ0v) is 12.9. The summed E-state index contributed by atoms with van der Waals surface area (Å²) in [6.45, 7) is 0.133. The monoisotopic (exact) mass is 313 g/mol. The summed E-state index contributed by atoms with van der Waals surface area (Å²) in [5.74, 6) is 1.11. The highest BCUT2D eigenvalue weighted by Crippen LogP contribution is 2.20. The number of ether oxygens (including phenoxy) is 1. The number of anilines is 1. The molecule has 0 aliphatic rings. The fraction of sp³-hybridized carbons (Fsp3) is 0.176. The first-order valence-corrected chi connectivity index (χ1v) is 7.10. The van der Waals surface area contributed by atoms with E-state index in [0.717, 1.165) is 11.3 Å². The Balaban J connectivity index is 1.66. The van der Waals surface area contributed by atoms with Gasteiger partial charge >= 0.3 is 0 Å². The van der Waals surface area contributed by atoms with Gasteiger partial charge in [-0.3, -0.25) is 0 Å². The number of hydrogen-bond donors (Lipinski definition) is 0. The summed E-state index contributed by atoms with van der Waals surface area (Å²) in [7, 11) is 3.96. The van der Waals surface area contributed by atoms with Gasteiger partial charge in [-0.1, -0.05) is 5.16 Å². The van der Waals surface area contributed by atoms with Gasteiger partial charge in [-0.25, -0.2) is 4.39 Å². The Kier molecular flexibility index (Phi) is 4.23. The molecule has 118 valence electrons. The number of halogens is 1. The SMILES string of the molecule is CN(C)c1ccc(-c2noc(COc3ccc(F)cc3)n2)cc1. The number of rotatable bonds is 5. The van der Waals surface area contributed by atoms with Crippen LogP contribution in [0.25, 0.3) is 11.4 Å². The summed E-state index contributed by atoms with van der Waals surface area (Å²) < 4.78 is 23.5. The molecule has 2 aromatic carbocycles. The van der Waals surface area contributed by atoms with Crippen LogP contribution in [-0.2, 0) is 6.61 Å². The second-order valence-electron chi connectivity index (χ2n) is 5.20. The van der Waals surface area contributed by atoms with Crippen molar-refractivity contribution in [3.05, 3.63) is 60.2 Å². The Morgan fingerprint density at radius 3 is 2.39 bits per heavy atom. The van der Waals surface area contributed by atoms with Crippen LogP contribution in [0.4, 0.5) is 10.1 Å². The second-order valence-corrected chi connectivity index (χ2v) is 5.20. The Morgan fingerprint density at radius 1 is 1.04 bits per heavy atom. The standard InChI is InChI=1S/C17H16FN3O2/c1-21(2)14-7-3-12(4-8-14)17-19-16(23-20-17)11-22-15-9-5-13(18)6-10-15/h3-10H,11H2,1-2H3. The van der Waals surface area contributed by atoms with Crippen LogP contribution in [0.2, 0.25) is 0 Å². The quantitative estimate of drug-likeness (QED) is 0.721. The maximum absolute atomic E-state index is 12.8. The number of hydrogen-bond acceptors (Lipinski definition) is 5. The molecule has 0 amide bonds. The van der Waals surface area contributed by atoms with E-state index in [1.54, 1.807) is 12.1 Å². The molecule has 3 rings (SSSR count).